The number of methoxy groups -OCH3 is 1. The minimum atomic E-state index is 0.145. The Morgan fingerprint density at radius 3 is 2.40 bits per heavy atom. The molecule has 2 aromatic carbocycles. The molecule has 0 saturated carbocycles. The van der Waals surface area contributed by atoms with Gasteiger partial charge in [0, 0.05) is 13.7 Å². The van der Waals surface area contributed by atoms with Crippen molar-refractivity contribution in [2.45, 2.75) is 39.3 Å². The first kappa shape index (κ1) is 17.5. The molecule has 25 heavy (non-hydrogen) atoms. The first-order chi connectivity index (χ1) is 12.0. The van der Waals surface area contributed by atoms with E-state index in [2.05, 4.69) is 43.5 Å². The van der Waals surface area contributed by atoms with Gasteiger partial charge >= 0.3 is 0 Å². The quantitative estimate of drug-likeness (QED) is 0.661. The maximum atomic E-state index is 5.99. The lowest BCUT2D eigenvalue weighted by Gasteiger charge is -2.19. The van der Waals surface area contributed by atoms with E-state index in [-0.39, 0.29) is 5.41 Å². The van der Waals surface area contributed by atoms with Gasteiger partial charge in [-0.25, -0.2) is 4.98 Å². The van der Waals surface area contributed by atoms with Gasteiger partial charge in [-0.1, -0.05) is 45.0 Å². The Hall–Kier alpha value is -2.33. The second kappa shape index (κ2) is 7.28. The predicted molar refractivity (Wildman–Crippen MR) is 101 cm³/mol. The average Bonchev–Trinajstić information content (AvgIpc) is 2.95. The van der Waals surface area contributed by atoms with Crippen LogP contribution in [0.5, 0.6) is 5.75 Å². The molecule has 0 unspecified atom stereocenters. The molecular weight excluding hydrogens is 312 g/mol. The van der Waals surface area contributed by atoms with E-state index in [9.17, 15) is 0 Å². The van der Waals surface area contributed by atoms with Gasteiger partial charge in [-0.05, 0) is 35.2 Å². The van der Waals surface area contributed by atoms with Gasteiger partial charge in [0.2, 0.25) is 0 Å². The molecule has 0 saturated heterocycles. The van der Waals surface area contributed by atoms with Crippen LogP contribution in [-0.2, 0) is 23.3 Å². The third-order valence-corrected chi connectivity index (χ3v) is 4.34. The Labute approximate surface area is 149 Å². The Bertz CT molecular complexity index is 829. The van der Waals surface area contributed by atoms with E-state index in [1.54, 1.807) is 7.11 Å². The molecular formula is C21H26N2O2. The highest BCUT2D eigenvalue weighted by molar-refractivity contribution is 5.75. The molecule has 1 heterocycles. The predicted octanol–water partition coefficient (Wildman–Crippen LogP) is 4.56. The Balaban J connectivity index is 1.78. The van der Waals surface area contributed by atoms with Crippen LogP contribution in [0, 0.1) is 0 Å². The standard InChI is InChI=1S/C21H26N2O2/c1-21(2,3)16-9-11-17(12-10-16)25-15-20-22-18-7-5-6-8-19(18)23(20)13-14-24-4/h5-12H,13-15H2,1-4H3. The second-order valence-corrected chi connectivity index (χ2v) is 7.22. The van der Waals surface area contributed by atoms with Gasteiger partial charge in [0.25, 0.3) is 0 Å². The number of hydrogen-bond donors (Lipinski definition) is 0. The third-order valence-electron chi connectivity index (χ3n) is 4.34. The first-order valence-corrected chi connectivity index (χ1v) is 8.65. The molecule has 0 amide bonds. The van der Waals surface area contributed by atoms with Gasteiger partial charge in [-0.3, -0.25) is 0 Å². The summed E-state index contributed by atoms with van der Waals surface area (Å²) < 4.78 is 13.4. The molecule has 132 valence electrons. The Morgan fingerprint density at radius 2 is 1.72 bits per heavy atom. The SMILES string of the molecule is COCCn1c(COc2ccc(C(C)(C)C)cc2)nc2ccccc21. The van der Waals surface area contributed by atoms with Crippen molar-refractivity contribution in [1.29, 1.82) is 0 Å². The molecule has 0 radical (unpaired) electrons. The van der Waals surface area contributed by atoms with E-state index in [4.69, 9.17) is 14.5 Å². The largest absolute Gasteiger partial charge is 0.486 e. The number of aromatic nitrogens is 2. The molecule has 1 aromatic heterocycles. The van der Waals surface area contributed by atoms with Gasteiger partial charge in [0.1, 0.15) is 18.2 Å². The molecule has 0 aliphatic carbocycles. The summed E-state index contributed by atoms with van der Waals surface area (Å²) in [4.78, 5) is 4.72. The van der Waals surface area contributed by atoms with E-state index in [0.717, 1.165) is 29.2 Å². The monoisotopic (exact) mass is 338 g/mol. The van der Waals surface area contributed by atoms with E-state index in [1.165, 1.54) is 5.56 Å². The fourth-order valence-electron chi connectivity index (χ4n) is 2.87. The van der Waals surface area contributed by atoms with Crippen molar-refractivity contribution in [2.24, 2.45) is 0 Å². The van der Waals surface area contributed by atoms with E-state index < -0.39 is 0 Å². The molecule has 0 aliphatic rings. The maximum absolute atomic E-state index is 5.99. The third kappa shape index (κ3) is 4.02. The number of ether oxygens (including phenoxy) is 2. The highest BCUT2D eigenvalue weighted by Crippen LogP contribution is 2.25. The second-order valence-electron chi connectivity index (χ2n) is 7.22. The zero-order valence-corrected chi connectivity index (χ0v) is 15.5. The molecule has 0 atom stereocenters. The molecule has 4 nitrogen and oxygen atoms in total. The number of rotatable bonds is 6. The molecule has 4 heteroatoms. The van der Waals surface area contributed by atoms with Gasteiger partial charge in [0.05, 0.1) is 17.6 Å². The summed E-state index contributed by atoms with van der Waals surface area (Å²) in [5.74, 6) is 1.77. The lowest BCUT2D eigenvalue weighted by atomic mass is 9.87. The van der Waals surface area contributed by atoms with Crippen LogP contribution in [0.1, 0.15) is 32.2 Å². The number of nitrogens with zero attached hydrogens (tertiary/aromatic N) is 2. The zero-order chi connectivity index (χ0) is 17.9. The fraction of sp³-hybridized carbons (Fsp3) is 0.381. The van der Waals surface area contributed by atoms with Crippen LogP contribution < -0.4 is 4.74 Å². The van der Waals surface area contributed by atoms with Crippen molar-refractivity contribution in [1.82, 2.24) is 9.55 Å². The average molecular weight is 338 g/mol. The molecule has 3 aromatic rings. The zero-order valence-electron chi connectivity index (χ0n) is 15.5. The lowest BCUT2D eigenvalue weighted by Crippen LogP contribution is -2.11. The van der Waals surface area contributed by atoms with Crippen LogP contribution in [0.15, 0.2) is 48.5 Å². The Kier molecular flexibility index (Phi) is 5.09. The first-order valence-electron chi connectivity index (χ1n) is 8.65. The summed E-state index contributed by atoms with van der Waals surface area (Å²) in [6.07, 6.45) is 0. The van der Waals surface area contributed by atoms with Crippen molar-refractivity contribution in [3.8, 4) is 5.75 Å². The highest BCUT2D eigenvalue weighted by atomic mass is 16.5. The maximum Gasteiger partial charge on any atom is 0.148 e. The number of para-hydroxylation sites is 2. The van der Waals surface area contributed by atoms with Gasteiger partial charge in [-0.15, -0.1) is 0 Å². The lowest BCUT2D eigenvalue weighted by molar-refractivity contribution is 0.185. The van der Waals surface area contributed by atoms with Crippen LogP contribution in [0.2, 0.25) is 0 Å². The van der Waals surface area contributed by atoms with Crippen LogP contribution in [0.4, 0.5) is 0 Å². The van der Waals surface area contributed by atoms with Gasteiger partial charge in [0.15, 0.2) is 0 Å². The topological polar surface area (TPSA) is 36.3 Å². The van der Waals surface area contributed by atoms with Gasteiger partial charge in [-0.2, -0.15) is 0 Å². The van der Waals surface area contributed by atoms with E-state index in [1.807, 2.05) is 30.3 Å². The molecule has 0 aliphatic heterocycles. The summed E-state index contributed by atoms with van der Waals surface area (Å²) in [6.45, 7) is 8.47. The van der Waals surface area contributed by atoms with Crippen molar-refractivity contribution < 1.29 is 9.47 Å². The highest BCUT2D eigenvalue weighted by Gasteiger charge is 2.14. The van der Waals surface area contributed by atoms with Crippen molar-refractivity contribution >= 4 is 11.0 Å². The molecule has 0 N–H and O–H groups in total. The summed E-state index contributed by atoms with van der Waals surface area (Å²) in [6, 6.07) is 16.5. The van der Waals surface area contributed by atoms with Crippen LogP contribution in [-0.4, -0.2) is 23.3 Å². The summed E-state index contributed by atoms with van der Waals surface area (Å²) in [5.41, 5.74) is 3.54. The van der Waals surface area contributed by atoms with Crippen LogP contribution >= 0.6 is 0 Å². The normalized spacial score (nSPS) is 11.8. The van der Waals surface area contributed by atoms with E-state index >= 15 is 0 Å². The summed E-state index contributed by atoms with van der Waals surface area (Å²) in [7, 11) is 1.71. The van der Waals surface area contributed by atoms with Crippen LogP contribution in [0.25, 0.3) is 11.0 Å². The number of imidazole rings is 1. The minimum absolute atomic E-state index is 0.145. The van der Waals surface area contributed by atoms with E-state index in [0.29, 0.717) is 13.2 Å². The molecule has 0 bridgehead atoms. The molecule has 0 fully saturated rings. The summed E-state index contributed by atoms with van der Waals surface area (Å²) >= 11 is 0. The van der Waals surface area contributed by atoms with Crippen LogP contribution in [0.3, 0.4) is 0 Å². The number of fused-ring (bicyclic) bond motifs is 1. The number of benzene rings is 2. The molecule has 3 rings (SSSR count). The van der Waals surface area contributed by atoms with Crippen molar-refractivity contribution in [3.05, 3.63) is 59.9 Å². The smallest absolute Gasteiger partial charge is 0.148 e. The van der Waals surface area contributed by atoms with Gasteiger partial charge < -0.3 is 14.0 Å². The number of hydrogen-bond acceptors (Lipinski definition) is 3. The van der Waals surface area contributed by atoms with Crippen molar-refractivity contribution in [3.63, 3.8) is 0 Å². The van der Waals surface area contributed by atoms with Crippen molar-refractivity contribution in [2.75, 3.05) is 13.7 Å². The molecule has 0 spiro atoms. The minimum Gasteiger partial charge on any atom is -0.486 e. The fourth-order valence-corrected chi connectivity index (χ4v) is 2.87. The summed E-state index contributed by atoms with van der Waals surface area (Å²) in [5, 5.41) is 0. The Morgan fingerprint density at radius 1 is 1.00 bits per heavy atom.